The highest BCUT2D eigenvalue weighted by Gasteiger charge is 2.17. The van der Waals surface area contributed by atoms with Crippen molar-refractivity contribution in [1.29, 1.82) is 0 Å². The summed E-state index contributed by atoms with van der Waals surface area (Å²) in [5, 5.41) is 20.1. The molecule has 7 heteroatoms. The van der Waals surface area contributed by atoms with Crippen LogP contribution in [0.25, 0.3) is 0 Å². The Morgan fingerprint density at radius 1 is 1.05 bits per heavy atom. The Morgan fingerprint density at radius 3 is 2.38 bits per heavy atom. The number of carboxylic acids is 1. The number of rotatable bonds is 3. The minimum atomic E-state index is -1.58. The Labute approximate surface area is 117 Å². The van der Waals surface area contributed by atoms with Gasteiger partial charge < -0.3 is 15.5 Å². The van der Waals surface area contributed by atoms with Crippen molar-refractivity contribution < 1.29 is 28.6 Å². The average molecular weight is 293 g/mol. The maximum Gasteiger partial charge on any atom is 0.338 e. The van der Waals surface area contributed by atoms with E-state index in [1.54, 1.807) is 0 Å². The highest BCUT2D eigenvalue weighted by molar-refractivity contribution is 6.05. The normalized spacial score (nSPS) is 10.2. The maximum atomic E-state index is 13.6. The minimum absolute atomic E-state index is 0.0376. The molecule has 2 rings (SSSR count). The molecule has 0 aliphatic rings. The van der Waals surface area contributed by atoms with Gasteiger partial charge in [0.25, 0.3) is 5.91 Å². The first kappa shape index (κ1) is 14.4. The van der Waals surface area contributed by atoms with Crippen LogP contribution in [0.5, 0.6) is 5.75 Å². The van der Waals surface area contributed by atoms with Crippen molar-refractivity contribution in [2.24, 2.45) is 0 Å². The van der Waals surface area contributed by atoms with E-state index < -0.39 is 34.8 Å². The van der Waals surface area contributed by atoms with Crippen molar-refractivity contribution in [3.05, 3.63) is 59.2 Å². The Morgan fingerprint density at radius 2 is 1.76 bits per heavy atom. The fourth-order valence-electron chi connectivity index (χ4n) is 1.65. The average Bonchev–Trinajstić information content (AvgIpc) is 2.41. The molecule has 0 aromatic heterocycles. The van der Waals surface area contributed by atoms with Crippen LogP contribution in [0.3, 0.4) is 0 Å². The number of benzene rings is 2. The van der Waals surface area contributed by atoms with Gasteiger partial charge in [-0.3, -0.25) is 4.79 Å². The zero-order valence-electron chi connectivity index (χ0n) is 10.4. The van der Waals surface area contributed by atoms with Crippen molar-refractivity contribution in [3.63, 3.8) is 0 Å². The second kappa shape index (κ2) is 5.58. The van der Waals surface area contributed by atoms with Crippen LogP contribution >= 0.6 is 0 Å². The van der Waals surface area contributed by atoms with Crippen LogP contribution in [0.1, 0.15) is 20.7 Å². The van der Waals surface area contributed by atoms with Crippen molar-refractivity contribution in [2.45, 2.75) is 0 Å². The summed E-state index contributed by atoms with van der Waals surface area (Å²) in [6.45, 7) is 0. The first-order valence-electron chi connectivity index (χ1n) is 5.71. The number of hydrogen-bond donors (Lipinski definition) is 3. The van der Waals surface area contributed by atoms with E-state index in [0.717, 1.165) is 6.07 Å². The minimum Gasteiger partial charge on any atom is -0.508 e. The molecule has 0 aliphatic carbocycles. The van der Waals surface area contributed by atoms with Crippen LogP contribution in [-0.4, -0.2) is 22.1 Å². The van der Waals surface area contributed by atoms with Crippen LogP contribution in [0.4, 0.5) is 14.5 Å². The van der Waals surface area contributed by atoms with Crippen molar-refractivity contribution in [3.8, 4) is 5.75 Å². The molecule has 0 atom stereocenters. The van der Waals surface area contributed by atoms with Gasteiger partial charge in [0.1, 0.15) is 17.4 Å². The van der Waals surface area contributed by atoms with Gasteiger partial charge in [0.05, 0.1) is 11.3 Å². The molecular formula is C14H9F2NO4. The molecule has 0 heterocycles. The zero-order valence-corrected chi connectivity index (χ0v) is 10.4. The summed E-state index contributed by atoms with van der Waals surface area (Å²) in [5.74, 6) is -4.86. The summed E-state index contributed by atoms with van der Waals surface area (Å²) in [6, 6.07) is 6.34. The highest BCUT2D eigenvalue weighted by Crippen LogP contribution is 2.21. The van der Waals surface area contributed by atoms with E-state index in [1.165, 1.54) is 18.2 Å². The largest absolute Gasteiger partial charge is 0.508 e. The van der Waals surface area contributed by atoms with Gasteiger partial charge in [-0.05, 0) is 24.3 Å². The van der Waals surface area contributed by atoms with Gasteiger partial charge in [-0.2, -0.15) is 0 Å². The van der Waals surface area contributed by atoms with Gasteiger partial charge in [0, 0.05) is 11.6 Å². The third kappa shape index (κ3) is 3.14. The number of carbonyl (C=O) groups excluding carboxylic acids is 1. The molecule has 0 spiro atoms. The topological polar surface area (TPSA) is 86.6 Å². The predicted octanol–water partition coefficient (Wildman–Crippen LogP) is 2.62. The van der Waals surface area contributed by atoms with Crippen LogP contribution in [0.2, 0.25) is 0 Å². The highest BCUT2D eigenvalue weighted by atomic mass is 19.1. The summed E-state index contributed by atoms with van der Waals surface area (Å²) in [4.78, 5) is 22.6. The smallest absolute Gasteiger partial charge is 0.338 e. The van der Waals surface area contributed by atoms with Crippen molar-refractivity contribution >= 4 is 17.6 Å². The van der Waals surface area contributed by atoms with E-state index in [2.05, 4.69) is 5.32 Å². The number of carbonyl (C=O) groups is 2. The number of anilines is 1. The van der Waals surface area contributed by atoms with E-state index in [1.807, 2.05) is 0 Å². The van der Waals surface area contributed by atoms with Gasteiger partial charge >= 0.3 is 5.97 Å². The van der Waals surface area contributed by atoms with E-state index in [9.17, 15) is 23.5 Å². The van der Waals surface area contributed by atoms with E-state index in [0.29, 0.717) is 12.1 Å². The Kier molecular flexibility index (Phi) is 3.84. The lowest BCUT2D eigenvalue weighted by molar-refractivity contribution is 0.0691. The molecule has 0 aliphatic heterocycles. The SMILES string of the molecule is O=C(Nc1cc(C(=O)O)c(F)cc1F)c1cccc(O)c1. The maximum absolute atomic E-state index is 13.6. The van der Waals surface area contributed by atoms with Gasteiger partial charge in [-0.1, -0.05) is 6.07 Å². The lowest BCUT2D eigenvalue weighted by atomic mass is 10.1. The summed E-state index contributed by atoms with van der Waals surface area (Å²) < 4.78 is 26.8. The molecule has 21 heavy (non-hydrogen) atoms. The molecule has 2 aromatic rings. The fraction of sp³-hybridized carbons (Fsp3) is 0. The van der Waals surface area contributed by atoms with Crippen LogP contribution in [-0.2, 0) is 0 Å². The Balaban J connectivity index is 2.33. The molecule has 0 bridgehead atoms. The van der Waals surface area contributed by atoms with Crippen LogP contribution < -0.4 is 5.32 Å². The molecule has 5 nitrogen and oxygen atoms in total. The number of phenolic OH excluding ortho intramolecular Hbond substituents is 1. The fourth-order valence-corrected chi connectivity index (χ4v) is 1.65. The molecule has 3 N–H and O–H groups in total. The molecule has 1 amide bonds. The van der Waals surface area contributed by atoms with Gasteiger partial charge in [-0.15, -0.1) is 0 Å². The lowest BCUT2D eigenvalue weighted by Crippen LogP contribution is -2.14. The molecule has 0 unspecified atom stereocenters. The van der Waals surface area contributed by atoms with Gasteiger partial charge in [0.15, 0.2) is 0 Å². The molecule has 0 saturated carbocycles. The van der Waals surface area contributed by atoms with Crippen molar-refractivity contribution in [2.75, 3.05) is 5.32 Å². The van der Waals surface area contributed by atoms with Crippen LogP contribution in [0, 0.1) is 11.6 Å². The Bertz CT molecular complexity index is 731. The zero-order chi connectivity index (χ0) is 15.6. The quantitative estimate of drug-likeness (QED) is 0.812. The summed E-state index contributed by atoms with van der Waals surface area (Å²) >= 11 is 0. The number of halogens is 2. The summed E-state index contributed by atoms with van der Waals surface area (Å²) in [5.41, 5.74) is -1.19. The monoisotopic (exact) mass is 293 g/mol. The molecule has 108 valence electrons. The van der Waals surface area contributed by atoms with Crippen LogP contribution in [0.15, 0.2) is 36.4 Å². The first-order valence-corrected chi connectivity index (χ1v) is 5.71. The summed E-state index contributed by atoms with van der Waals surface area (Å²) in [6.07, 6.45) is 0. The number of carboxylic acid groups (broad SMARTS) is 1. The second-order valence-electron chi connectivity index (χ2n) is 4.12. The summed E-state index contributed by atoms with van der Waals surface area (Å²) in [7, 11) is 0. The molecule has 2 aromatic carbocycles. The molecule has 0 saturated heterocycles. The Hall–Kier alpha value is -2.96. The molecular weight excluding hydrogens is 284 g/mol. The number of hydrogen-bond acceptors (Lipinski definition) is 3. The first-order chi connectivity index (χ1) is 9.88. The number of aromatic carboxylic acids is 1. The van der Waals surface area contributed by atoms with Gasteiger partial charge in [-0.25, -0.2) is 13.6 Å². The van der Waals surface area contributed by atoms with Gasteiger partial charge in [0.2, 0.25) is 0 Å². The second-order valence-corrected chi connectivity index (χ2v) is 4.12. The molecule has 0 radical (unpaired) electrons. The number of nitrogens with one attached hydrogen (secondary N) is 1. The van der Waals surface area contributed by atoms with E-state index in [-0.39, 0.29) is 11.3 Å². The lowest BCUT2D eigenvalue weighted by Gasteiger charge is -2.08. The molecule has 0 fully saturated rings. The third-order valence-corrected chi connectivity index (χ3v) is 2.64. The van der Waals surface area contributed by atoms with Crippen molar-refractivity contribution in [1.82, 2.24) is 0 Å². The van der Waals surface area contributed by atoms with E-state index in [4.69, 9.17) is 5.11 Å². The number of amides is 1. The predicted molar refractivity (Wildman–Crippen MR) is 69.4 cm³/mol. The number of aromatic hydroxyl groups is 1. The standard InChI is InChI=1S/C14H9F2NO4/c15-10-6-11(16)12(5-9(10)14(20)21)17-13(19)7-2-1-3-8(18)4-7/h1-6,18H,(H,17,19)(H,20,21). The van der Waals surface area contributed by atoms with E-state index >= 15 is 0 Å². The number of phenols is 1. The third-order valence-electron chi connectivity index (χ3n) is 2.64.